The number of benzene rings is 1. The average molecular weight is 174 g/mol. The zero-order valence-electron chi connectivity index (χ0n) is 7.16. The Morgan fingerprint density at radius 1 is 1.23 bits per heavy atom. The van der Waals surface area contributed by atoms with Crippen LogP contribution in [0.3, 0.4) is 0 Å². The first-order chi connectivity index (χ1) is 6.27. The van der Waals surface area contributed by atoms with Crippen molar-refractivity contribution in [2.45, 2.75) is 12.8 Å². The number of hydrogen-bond acceptors (Lipinski definition) is 1. The van der Waals surface area contributed by atoms with Gasteiger partial charge in [-0.25, -0.2) is 4.79 Å². The highest BCUT2D eigenvalue weighted by molar-refractivity contribution is 5.88. The van der Waals surface area contributed by atoms with Gasteiger partial charge in [0.2, 0.25) is 0 Å². The molecule has 66 valence electrons. The Morgan fingerprint density at radius 3 is 2.23 bits per heavy atom. The van der Waals surface area contributed by atoms with Crippen molar-refractivity contribution in [3.63, 3.8) is 0 Å². The predicted molar refractivity (Wildman–Crippen MR) is 50.6 cm³/mol. The van der Waals surface area contributed by atoms with E-state index in [4.69, 9.17) is 5.11 Å². The van der Waals surface area contributed by atoms with Crippen LogP contribution in [0.2, 0.25) is 0 Å². The van der Waals surface area contributed by atoms with Crippen LogP contribution >= 0.6 is 0 Å². The first-order valence-electron chi connectivity index (χ1n) is 4.30. The number of allylic oxidation sites excluding steroid dienone is 2. The summed E-state index contributed by atoms with van der Waals surface area (Å²) in [6, 6.07) is 7.04. The fourth-order valence-electron chi connectivity index (χ4n) is 1.38. The fourth-order valence-corrected chi connectivity index (χ4v) is 1.38. The molecule has 1 aliphatic carbocycles. The maximum atomic E-state index is 10.6. The third-order valence-electron chi connectivity index (χ3n) is 2.31. The molecular weight excluding hydrogens is 164 g/mol. The SMILES string of the molecule is O=C(O)c1ccc(C2=CCC2)cc1. The topological polar surface area (TPSA) is 37.3 Å². The van der Waals surface area contributed by atoms with Crippen LogP contribution in [-0.4, -0.2) is 11.1 Å². The summed E-state index contributed by atoms with van der Waals surface area (Å²) < 4.78 is 0. The summed E-state index contributed by atoms with van der Waals surface area (Å²) in [5.41, 5.74) is 2.83. The molecule has 1 aromatic carbocycles. The molecule has 0 fully saturated rings. The molecule has 2 heteroatoms. The Labute approximate surface area is 76.5 Å². The zero-order chi connectivity index (χ0) is 9.26. The van der Waals surface area contributed by atoms with Gasteiger partial charge in [-0.15, -0.1) is 0 Å². The highest BCUT2D eigenvalue weighted by Gasteiger charge is 2.08. The van der Waals surface area contributed by atoms with E-state index >= 15 is 0 Å². The highest BCUT2D eigenvalue weighted by atomic mass is 16.4. The standard InChI is InChI=1S/C11H10O2/c12-11(13)10-6-4-9(5-7-10)8-2-1-3-8/h2,4-7H,1,3H2,(H,12,13). The van der Waals surface area contributed by atoms with Gasteiger partial charge in [0.05, 0.1) is 5.56 Å². The maximum absolute atomic E-state index is 10.6. The molecule has 0 aliphatic heterocycles. The van der Waals surface area contributed by atoms with Crippen LogP contribution in [0.15, 0.2) is 30.3 Å². The van der Waals surface area contributed by atoms with Gasteiger partial charge in [-0.1, -0.05) is 18.2 Å². The lowest BCUT2D eigenvalue weighted by molar-refractivity contribution is 0.0697. The first kappa shape index (κ1) is 8.05. The first-order valence-corrected chi connectivity index (χ1v) is 4.30. The molecule has 0 amide bonds. The van der Waals surface area contributed by atoms with Gasteiger partial charge in [0, 0.05) is 0 Å². The predicted octanol–water partition coefficient (Wildman–Crippen LogP) is 2.56. The summed E-state index contributed by atoms with van der Waals surface area (Å²) in [4.78, 5) is 10.6. The minimum absolute atomic E-state index is 0.351. The summed E-state index contributed by atoms with van der Waals surface area (Å²) in [7, 11) is 0. The second kappa shape index (κ2) is 3.05. The van der Waals surface area contributed by atoms with E-state index in [0.29, 0.717) is 5.56 Å². The fraction of sp³-hybridized carbons (Fsp3) is 0.182. The minimum atomic E-state index is -0.867. The van der Waals surface area contributed by atoms with Gasteiger partial charge in [-0.3, -0.25) is 0 Å². The van der Waals surface area contributed by atoms with Crippen LogP contribution in [0.5, 0.6) is 0 Å². The smallest absolute Gasteiger partial charge is 0.335 e. The Balaban J connectivity index is 2.28. The van der Waals surface area contributed by atoms with Crippen LogP contribution in [0.1, 0.15) is 28.8 Å². The lowest BCUT2D eigenvalue weighted by Gasteiger charge is -2.14. The summed E-state index contributed by atoms with van der Waals surface area (Å²) in [6.07, 6.45) is 4.44. The zero-order valence-corrected chi connectivity index (χ0v) is 7.16. The van der Waals surface area contributed by atoms with E-state index < -0.39 is 5.97 Å². The van der Waals surface area contributed by atoms with E-state index in [-0.39, 0.29) is 0 Å². The van der Waals surface area contributed by atoms with Crippen molar-refractivity contribution in [2.24, 2.45) is 0 Å². The van der Waals surface area contributed by atoms with Crippen molar-refractivity contribution < 1.29 is 9.90 Å². The molecule has 2 rings (SSSR count). The van der Waals surface area contributed by atoms with Gasteiger partial charge in [-0.2, -0.15) is 0 Å². The van der Waals surface area contributed by atoms with Crippen molar-refractivity contribution in [3.05, 3.63) is 41.5 Å². The monoisotopic (exact) mass is 174 g/mol. The Morgan fingerprint density at radius 2 is 1.85 bits per heavy atom. The van der Waals surface area contributed by atoms with Crippen molar-refractivity contribution in [3.8, 4) is 0 Å². The molecule has 1 N–H and O–H groups in total. The number of aromatic carboxylic acids is 1. The number of hydrogen-bond donors (Lipinski definition) is 1. The van der Waals surface area contributed by atoms with Crippen LogP contribution in [0, 0.1) is 0 Å². The number of carboxylic acids is 1. The molecule has 0 saturated heterocycles. The highest BCUT2D eigenvalue weighted by Crippen LogP contribution is 2.28. The van der Waals surface area contributed by atoms with E-state index in [0.717, 1.165) is 18.4 Å². The number of rotatable bonds is 2. The average Bonchev–Trinajstić information content (AvgIpc) is 2.02. The van der Waals surface area contributed by atoms with Crippen LogP contribution in [0.25, 0.3) is 5.57 Å². The molecule has 0 unspecified atom stereocenters. The Kier molecular flexibility index (Phi) is 1.89. The van der Waals surface area contributed by atoms with Gasteiger partial charge in [0.15, 0.2) is 0 Å². The molecule has 1 aliphatic rings. The summed E-state index contributed by atoms with van der Waals surface area (Å²) in [5, 5.41) is 8.67. The molecule has 2 nitrogen and oxygen atoms in total. The molecule has 0 aromatic heterocycles. The van der Waals surface area contributed by atoms with Gasteiger partial charge >= 0.3 is 5.97 Å². The molecule has 13 heavy (non-hydrogen) atoms. The number of carbonyl (C=O) groups is 1. The van der Waals surface area contributed by atoms with Crippen molar-refractivity contribution in [1.82, 2.24) is 0 Å². The van der Waals surface area contributed by atoms with Gasteiger partial charge in [0.25, 0.3) is 0 Å². The molecular formula is C11H10O2. The van der Waals surface area contributed by atoms with Gasteiger partial charge in [0.1, 0.15) is 0 Å². The molecule has 0 heterocycles. The van der Waals surface area contributed by atoms with Gasteiger partial charge in [-0.05, 0) is 36.1 Å². The Hall–Kier alpha value is -1.57. The van der Waals surface area contributed by atoms with Crippen molar-refractivity contribution >= 4 is 11.5 Å². The lowest BCUT2D eigenvalue weighted by Crippen LogP contribution is -1.97. The maximum Gasteiger partial charge on any atom is 0.335 e. The normalized spacial score (nSPS) is 14.6. The summed E-state index contributed by atoms with van der Waals surface area (Å²) in [6.45, 7) is 0. The Bertz CT molecular complexity index is 360. The van der Waals surface area contributed by atoms with E-state index in [9.17, 15) is 4.79 Å². The molecule has 0 saturated carbocycles. The molecule has 0 atom stereocenters. The third-order valence-corrected chi connectivity index (χ3v) is 2.31. The van der Waals surface area contributed by atoms with Crippen molar-refractivity contribution in [1.29, 1.82) is 0 Å². The molecule has 1 aromatic rings. The van der Waals surface area contributed by atoms with Crippen molar-refractivity contribution in [2.75, 3.05) is 0 Å². The van der Waals surface area contributed by atoms with E-state index in [1.807, 2.05) is 12.1 Å². The summed E-state index contributed by atoms with van der Waals surface area (Å²) >= 11 is 0. The molecule has 0 spiro atoms. The van der Waals surface area contributed by atoms with E-state index in [1.165, 1.54) is 5.57 Å². The van der Waals surface area contributed by atoms with Gasteiger partial charge < -0.3 is 5.11 Å². The van der Waals surface area contributed by atoms with E-state index in [1.54, 1.807) is 12.1 Å². The van der Waals surface area contributed by atoms with Crippen LogP contribution < -0.4 is 0 Å². The molecule has 0 radical (unpaired) electrons. The second-order valence-corrected chi connectivity index (χ2v) is 3.15. The minimum Gasteiger partial charge on any atom is -0.478 e. The number of carboxylic acid groups (broad SMARTS) is 1. The third kappa shape index (κ3) is 1.47. The molecule has 0 bridgehead atoms. The lowest BCUT2D eigenvalue weighted by atomic mass is 9.91. The summed E-state index contributed by atoms with van der Waals surface area (Å²) in [5.74, 6) is -0.867. The van der Waals surface area contributed by atoms with Crippen LogP contribution in [0.4, 0.5) is 0 Å². The van der Waals surface area contributed by atoms with E-state index in [2.05, 4.69) is 6.08 Å². The second-order valence-electron chi connectivity index (χ2n) is 3.15. The largest absolute Gasteiger partial charge is 0.478 e. The quantitative estimate of drug-likeness (QED) is 0.748. The van der Waals surface area contributed by atoms with Crippen LogP contribution in [-0.2, 0) is 0 Å².